The van der Waals surface area contributed by atoms with Gasteiger partial charge in [-0.25, -0.2) is 0 Å². The second-order valence-corrected chi connectivity index (χ2v) is 4.80. The lowest BCUT2D eigenvalue weighted by Crippen LogP contribution is -2.27. The molecule has 7 nitrogen and oxygen atoms in total. The maximum Gasteiger partial charge on any atom is 0.384 e. The number of para-hydroxylation sites is 2. The molecular formula is C8H10N2O5S. The number of nitro groups is 1. The zero-order valence-corrected chi connectivity index (χ0v) is 9.47. The highest BCUT2D eigenvalue weighted by molar-refractivity contribution is 7.84. The standard InChI is InChI=1S/C8H10N2O5S/c1-9(2)16(13,14)15-8-6-4-3-5-7(8)10(11)12/h3-6H,1-2H3. The highest BCUT2D eigenvalue weighted by Gasteiger charge is 2.22. The molecule has 0 saturated carbocycles. The molecule has 8 heteroatoms. The SMILES string of the molecule is CN(C)S(=O)(=O)Oc1ccccc1[N+](=O)[O-]. The number of nitro benzene ring substituents is 1. The summed E-state index contributed by atoms with van der Waals surface area (Å²) in [5.74, 6) is -0.304. The van der Waals surface area contributed by atoms with Gasteiger partial charge in [0.2, 0.25) is 5.75 Å². The lowest BCUT2D eigenvalue weighted by molar-refractivity contribution is -0.385. The molecule has 0 spiro atoms. The molecule has 1 aromatic rings. The van der Waals surface area contributed by atoms with Crippen LogP contribution in [0.2, 0.25) is 0 Å². The highest BCUT2D eigenvalue weighted by Crippen LogP contribution is 2.27. The van der Waals surface area contributed by atoms with Crippen molar-refractivity contribution in [1.82, 2.24) is 4.31 Å². The van der Waals surface area contributed by atoms with E-state index in [0.29, 0.717) is 0 Å². The largest absolute Gasteiger partial charge is 0.384 e. The van der Waals surface area contributed by atoms with Gasteiger partial charge in [-0.1, -0.05) is 12.1 Å². The molecular weight excluding hydrogens is 236 g/mol. The van der Waals surface area contributed by atoms with Crippen molar-refractivity contribution < 1.29 is 17.5 Å². The van der Waals surface area contributed by atoms with Gasteiger partial charge >= 0.3 is 16.0 Å². The van der Waals surface area contributed by atoms with Crippen molar-refractivity contribution in [1.29, 1.82) is 0 Å². The minimum atomic E-state index is -3.98. The van der Waals surface area contributed by atoms with E-state index in [2.05, 4.69) is 4.18 Å². The first-order valence-electron chi connectivity index (χ1n) is 4.20. The third-order valence-electron chi connectivity index (χ3n) is 1.70. The van der Waals surface area contributed by atoms with Crippen LogP contribution in [0.5, 0.6) is 5.75 Å². The molecule has 0 aliphatic carbocycles. The summed E-state index contributed by atoms with van der Waals surface area (Å²) < 4.78 is 28.1. The third-order valence-corrected chi connectivity index (χ3v) is 2.99. The van der Waals surface area contributed by atoms with Crippen LogP contribution >= 0.6 is 0 Å². The number of nitrogens with zero attached hydrogens (tertiary/aromatic N) is 2. The molecule has 1 rings (SSSR count). The Labute approximate surface area is 92.7 Å². The molecule has 0 saturated heterocycles. The Kier molecular flexibility index (Phi) is 3.45. The molecule has 16 heavy (non-hydrogen) atoms. The average Bonchev–Trinajstić information content (AvgIpc) is 2.17. The normalized spacial score (nSPS) is 11.4. The van der Waals surface area contributed by atoms with Gasteiger partial charge in [0.1, 0.15) is 0 Å². The zero-order valence-electron chi connectivity index (χ0n) is 8.65. The average molecular weight is 246 g/mol. The van der Waals surface area contributed by atoms with Crippen LogP contribution < -0.4 is 4.18 Å². The summed E-state index contributed by atoms with van der Waals surface area (Å²) in [6.45, 7) is 0. The lowest BCUT2D eigenvalue weighted by Gasteiger charge is -2.11. The van der Waals surface area contributed by atoms with E-state index >= 15 is 0 Å². The van der Waals surface area contributed by atoms with E-state index < -0.39 is 20.9 Å². The molecule has 0 unspecified atom stereocenters. The molecule has 0 bridgehead atoms. The Hall–Kier alpha value is -1.67. The molecule has 1 aromatic carbocycles. The van der Waals surface area contributed by atoms with Gasteiger partial charge in [0.05, 0.1) is 4.92 Å². The molecule has 0 fully saturated rings. The van der Waals surface area contributed by atoms with E-state index in [1.54, 1.807) is 0 Å². The molecule has 0 heterocycles. The molecule has 0 aliphatic rings. The van der Waals surface area contributed by atoms with Crippen LogP contribution in [0.4, 0.5) is 5.69 Å². The van der Waals surface area contributed by atoms with Crippen molar-refractivity contribution in [2.75, 3.05) is 14.1 Å². The summed E-state index contributed by atoms with van der Waals surface area (Å²) in [6, 6.07) is 5.26. The maximum atomic E-state index is 11.4. The van der Waals surface area contributed by atoms with Gasteiger partial charge in [0.25, 0.3) is 0 Å². The van der Waals surface area contributed by atoms with Crippen LogP contribution in [0.3, 0.4) is 0 Å². The minimum Gasteiger partial charge on any atom is -0.363 e. The Bertz CT molecular complexity index is 497. The van der Waals surface area contributed by atoms with Crippen LogP contribution in [0.25, 0.3) is 0 Å². The first kappa shape index (κ1) is 12.4. The number of rotatable bonds is 4. The van der Waals surface area contributed by atoms with E-state index in [9.17, 15) is 18.5 Å². The molecule has 0 N–H and O–H groups in total. The fourth-order valence-electron chi connectivity index (χ4n) is 0.866. The van der Waals surface area contributed by atoms with E-state index in [-0.39, 0.29) is 5.75 Å². The third kappa shape index (κ3) is 2.67. The highest BCUT2D eigenvalue weighted by atomic mass is 32.2. The van der Waals surface area contributed by atoms with Crippen molar-refractivity contribution in [3.63, 3.8) is 0 Å². The summed E-state index contributed by atoms with van der Waals surface area (Å²) in [6.07, 6.45) is 0. The quantitative estimate of drug-likeness (QED) is 0.578. The van der Waals surface area contributed by atoms with Crippen molar-refractivity contribution in [3.05, 3.63) is 34.4 Å². The number of benzene rings is 1. The number of hydrogen-bond acceptors (Lipinski definition) is 5. The molecule has 0 aromatic heterocycles. The molecule has 88 valence electrons. The fourth-order valence-corrected chi connectivity index (χ4v) is 1.38. The summed E-state index contributed by atoms with van der Waals surface area (Å²) in [5, 5.41) is 10.6. The fraction of sp³-hybridized carbons (Fsp3) is 0.250. The zero-order chi connectivity index (χ0) is 12.3. The van der Waals surface area contributed by atoms with Crippen molar-refractivity contribution in [3.8, 4) is 5.75 Å². The van der Waals surface area contributed by atoms with Gasteiger partial charge in [-0.05, 0) is 6.07 Å². The second kappa shape index (κ2) is 4.45. The van der Waals surface area contributed by atoms with Crippen LogP contribution in [0.15, 0.2) is 24.3 Å². The lowest BCUT2D eigenvalue weighted by atomic mass is 10.3. The summed E-state index contributed by atoms with van der Waals surface area (Å²) in [7, 11) is -1.44. The predicted molar refractivity (Wildman–Crippen MR) is 56.3 cm³/mol. The smallest absolute Gasteiger partial charge is 0.363 e. The Balaban J connectivity index is 3.12. The molecule has 0 aliphatic heterocycles. The molecule has 0 atom stereocenters. The Morgan fingerprint density at radius 1 is 1.31 bits per heavy atom. The van der Waals surface area contributed by atoms with Gasteiger partial charge in [-0.15, -0.1) is 0 Å². The summed E-state index contributed by atoms with van der Waals surface area (Å²) in [5.41, 5.74) is -0.395. The van der Waals surface area contributed by atoms with Crippen molar-refractivity contribution in [2.45, 2.75) is 0 Å². The van der Waals surface area contributed by atoms with Crippen LogP contribution in [0, 0.1) is 10.1 Å². The van der Waals surface area contributed by atoms with Crippen molar-refractivity contribution >= 4 is 16.0 Å². The van der Waals surface area contributed by atoms with Gasteiger partial charge in [0, 0.05) is 20.2 Å². The minimum absolute atomic E-state index is 0.304. The first-order valence-corrected chi connectivity index (χ1v) is 5.56. The van der Waals surface area contributed by atoms with E-state index in [1.165, 1.54) is 38.4 Å². The van der Waals surface area contributed by atoms with Crippen LogP contribution in [-0.4, -0.2) is 31.7 Å². The van der Waals surface area contributed by atoms with E-state index in [4.69, 9.17) is 0 Å². The topological polar surface area (TPSA) is 89.8 Å². The van der Waals surface area contributed by atoms with Gasteiger partial charge in [0.15, 0.2) is 0 Å². The first-order chi connectivity index (χ1) is 7.34. The van der Waals surface area contributed by atoms with Crippen LogP contribution in [-0.2, 0) is 10.3 Å². The van der Waals surface area contributed by atoms with Gasteiger partial charge in [-0.3, -0.25) is 10.1 Å². The summed E-state index contributed by atoms with van der Waals surface area (Å²) in [4.78, 5) is 9.89. The van der Waals surface area contributed by atoms with Gasteiger partial charge in [-0.2, -0.15) is 12.7 Å². The Morgan fingerprint density at radius 2 is 1.88 bits per heavy atom. The molecule has 0 radical (unpaired) electrons. The maximum absolute atomic E-state index is 11.4. The van der Waals surface area contributed by atoms with E-state index in [1.807, 2.05) is 0 Å². The van der Waals surface area contributed by atoms with Crippen molar-refractivity contribution in [2.24, 2.45) is 0 Å². The Morgan fingerprint density at radius 3 is 2.38 bits per heavy atom. The van der Waals surface area contributed by atoms with E-state index in [0.717, 1.165) is 4.31 Å². The van der Waals surface area contributed by atoms with Gasteiger partial charge < -0.3 is 4.18 Å². The predicted octanol–water partition coefficient (Wildman–Crippen LogP) is 0.780. The second-order valence-electron chi connectivity index (χ2n) is 3.05. The summed E-state index contributed by atoms with van der Waals surface area (Å²) >= 11 is 0. The number of hydrogen-bond donors (Lipinski definition) is 0. The van der Waals surface area contributed by atoms with Crippen LogP contribution in [0.1, 0.15) is 0 Å². The monoisotopic (exact) mass is 246 g/mol. The molecule has 0 amide bonds.